The van der Waals surface area contributed by atoms with Crippen molar-refractivity contribution in [2.75, 3.05) is 11.9 Å². The van der Waals surface area contributed by atoms with E-state index in [1.54, 1.807) is 12.3 Å². The third-order valence-corrected chi connectivity index (χ3v) is 1.85. The Morgan fingerprint density at radius 1 is 1.35 bits per heavy atom. The molecule has 0 atom stereocenters. The van der Waals surface area contributed by atoms with Gasteiger partial charge in [0.1, 0.15) is 11.4 Å². The number of hydrogen-bond donors (Lipinski definition) is 3. The number of aryl methyl sites for hydroxylation is 1. The Balaban J connectivity index is 0. The second kappa shape index (κ2) is 10.1. The van der Waals surface area contributed by atoms with Crippen molar-refractivity contribution in [3.05, 3.63) is 23.9 Å². The normalized spacial score (nSPS) is 9.39. The molecule has 0 unspecified atom stereocenters. The van der Waals surface area contributed by atoms with Gasteiger partial charge in [0, 0.05) is 6.20 Å². The number of nitrogens with one attached hydrogen (secondary N) is 2. The van der Waals surface area contributed by atoms with E-state index < -0.39 is 17.7 Å². The van der Waals surface area contributed by atoms with Gasteiger partial charge in [-0.3, -0.25) is 10.1 Å². The first kappa shape index (κ1) is 21.7. The van der Waals surface area contributed by atoms with Gasteiger partial charge in [0.2, 0.25) is 0 Å². The summed E-state index contributed by atoms with van der Waals surface area (Å²) >= 11 is 0. The fraction of sp³-hybridized carbons (Fsp3) is 0.429. The van der Waals surface area contributed by atoms with E-state index in [0.29, 0.717) is 5.82 Å². The summed E-state index contributed by atoms with van der Waals surface area (Å²) in [5.74, 6) is -0.571. The van der Waals surface area contributed by atoms with Crippen LogP contribution < -0.4 is 10.6 Å². The minimum Gasteiger partial charge on any atom is -0.521 e. The number of pyridine rings is 1. The number of carboxylic acids is 1. The smallest absolute Gasteiger partial charge is 0.413 e. The quantitative estimate of drug-likeness (QED) is 0.375. The number of rotatable bonds is 4. The third-order valence-electron chi connectivity index (χ3n) is 1.85. The molecule has 1 heterocycles. The van der Waals surface area contributed by atoms with E-state index in [-0.39, 0.29) is 6.54 Å². The molecule has 23 heavy (non-hydrogen) atoms. The summed E-state index contributed by atoms with van der Waals surface area (Å²) in [4.78, 5) is 34.1. The average Bonchev–Trinajstić information content (AvgIpc) is 2.37. The first-order valence-electron chi connectivity index (χ1n) is 6.38. The van der Waals surface area contributed by atoms with Crippen LogP contribution in [0.1, 0.15) is 26.3 Å². The number of aliphatic carboxylic acids is 1. The van der Waals surface area contributed by atoms with Gasteiger partial charge in [-0.05, 0) is 39.3 Å². The molecule has 0 aliphatic rings. The second-order valence-corrected chi connectivity index (χ2v) is 5.20. The van der Waals surface area contributed by atoms with Crippen molar-refractivity contribution in [3.63, 3.8) is 0 Å². The molecule has 0 spiro atoms. The van der Waals surface area contributed by atoms with Gasteiger partial charge < -0.3 is 20.0 Å². The maximum atomic E-state index is 11.3. The van der Waals surface area contributed by atoms with Crippen LogP contribution in [0.15, 0.2) is 18.3 Å². The molecule has 0 bridgehead atoms. The number of carboxylic acid groups (broad SMARTS) is 1. The van der Waals surface area contributed by atoms with E-state index in [1.807, 2.05) is 39.1 Å². The predicted octanol–water partition coefficient (Wildman–Crippen LogP) is 1.46. The van der Waals surface area contributed by atoms with Crippen LogP contribution in [0.5, 0.6) is 0 Å². The van der Waals surface area contributed by atoms with Crippen molar-refractivity contribution >= 4 is 24.3 Å². The summed E-state index contributed by atoms with van der Waals surface area (Å²) in [7, 11) is 0. The van der Waals surface area contributed by atoms with E-state index in [0.717, 1.165) is 5.56 Å². The number of ether oxygens (including phenoxy) is 1. The van der Waals surface area contributed by atoms with Gasteiger partial charge >= 0.3 is 12.1 Å². The van der Waals surface area contributed by atoms with Crippen LogP contribution in [-0.4, -0.2) is 40.7 Å². The van der Waals surface area contributed by atoms with Crippen LogP contribution in [0.4, 0.5) is 10.6 Å². The molecule has 0 radical (unpaired) electrons. The van der Waals surface area contributed by atoms with Crippen LogP contribution in [0.25, 0.3) is 0 Å². The topological polar surface area (TPSA) is 118 Å². The van der Waals surface area contributed by atoms with Crippen molar-refractivity contribution in [2.45, 2.75) is 33.3 Å². The Morgan fingerprint density at radius 3 is 2.30 bits per heavy atom. The molecular formula is C14H20FmN3O5-. The van der Waals surface area contributed by atoms with Gasteiger partial charge in [-0.15, -0.1) is 0 Å². The zero-order chi connectivity index (χ0) is 17.2. The van der Waals surface area contributed by atoms with Crippen LogP contribution in [0.2, 0.25) is 0 Å². The number of amides is 2. The van der Waals surface area contributed by atoms with Gasteiger partial charge in [-0.2, -0.15) is 6.41 Å². The van der Waals surface area contributed by atoms with Gasteiger partial charge in [0.05, 0.1) is 6.54 Å². The summed E-state index contributed by atoms with van der Waals surface area (Å²) in [6, 6.07) is 3.61. The molecule has 0 saturated heterocycles. The SMILES string of the molecule is Cc1ccc(NC(=O)OC(C)(C)C)nc1.O=[C-]NCC(=O)O.[Fm]. The van der Waals surface area contributed by atoms with Gasteiger partial charge in [0.25, 0.3) is 0 Å². The summed E-state index contributed by atoms with van der Waals surface area (Å²) in [5.41, 5.74) is 0.555. The van der Waals surface area contributed by atoms with Crippen molar-refractivity contribution in [1.82, 2.24) is 10.3 Å². The zero-order valence-corrected chi connectivity index (χ0v) is 15.7. The van der Waals surface area contributed by atoms with Crippen molar-refractivity contribution in [1.29, 1.82) is 0 Å². The molecule has 1 aromatic heterocycles. The molecule has 1 aromatic rings. The van der Waals surface area contributed by atoms with E-state index in [1.165, 1.54) is 6.41 Å². The Kier molecular flexibility index (Phi) is 9.55. The van der Waals surface area contributed by atoms with Gasteiger partial charge in [-0.1, -0.05) is 6.07 Å². The van der Waals surface area contributed by atoms with Crippen LogP contribution in [0.3, 0.4) is 0 Å². The van der Waals surface area contributed by atoms with E-state index in [2.05, 4.69) is 10.3 Å². The zero-order valence-electron chi connectivity index (χ0n) is 13.3. The van der Waals surface area contributed by atoms with E-state index in [4.69, 9.17) is 9.84 Å². The number of anilines is 1. The molecule has 0 saturated carbocycles. The molecule has 0 aliphatic carbocycles. The van der Waals surface area contributed by atoms with Crippen molar-refractivity contribution in [3.8, 4) is 0 Å². The summed E-state index contributed by atoms with van der Waals surface area (Å²) in [5, 5.41) is 12.2. The van der Waals surface area contributed by atoms with Crippen molar-refractivity contribution < 1.29 is 24.2 Å². The van der Waals surface area contributed by atoms with Crippen LogP contribution >= 0.6 is 0 Å². The predicted molar refractivity (Wildman–Crippen MR) is 80.2 cm³/mol. The minimum atomic E-state index is -1.07. The second-order valence-electron chi connectivity index (χ2n) is 5.20. The summed E-state index contributed by atoms with van der Waals surface area (Å²) < 4.78 is 5.08. The number of carbonyl (C=O) groups excluding carboxylic acids is 2. The number of nitrogens with zero attached hydrogens (tertiary/aromatic N) is 1. The molecule has 134 valence electrons. The number of carbonyl (C=O) groups is 2. The molecule has 0 aliphatic heterocycles. The molecule has 9 heteroatoms. The molecule has 8 nitrogen and oxygen atoms in total. The van der Waals surface area contributed by atoms with E-state index in [9.17, 15) is 14.4 Å². The fourth-order valence-electron chi connectivity index (χ4n) is 1.06. The number of aromatic nitrogens is 1. The molecule has 3 N–H and O–H groups in total. The Labute approximate surface area is 128 Å². The third kappa shape index (κ3) is 13.1. The van der Waals surface area contributed by atoms with Crippen LogP contribution in [-0.2, 0) is 14.3 Å². The standard InChI is InChI=1S/C11H16N2O2.C3H4NO3.Fm/c1-8-5-6-9(12-7-8)13-10(14)15-11(2,3)4;5-2-4-1-3(6)7;/h5-7H,1-4H3,(H,12,13,14);1H2,(H,4,5)(H,6,7);/q;-1;. The Morgan fingerprint density at radius 2 is 1.96 bits per heavy atom. The summed E-state index contributed by atoms with van der Waals surface area (Å²) in [6.45, 7) is 7.02. The number of hydrogen-bond acceptors (Lipinski definition) is 5. The van der Waals surface area contributed by atoms with Gasteiger partial charge in [0.15, 0.2) is 0 Å². The minimum absolute atomic E-state index is 0. The largest absolute Gasteiger partial charge is 0.521 e. The van der Waals surface area contributed by atoms with Crippen LogP contribution in [0, 0.1) is 6.92 Å². The maximum Gasteiger partial charge on any atom is 0.413 e. The Hall–Kier alpha value is -3.64. The molecule has 1 rings (SSSR count). The molecular weight excluding hydrogens is 547 g/mol. The van der Waals surface area contributed by atoms with Gasteiger partial charge in [-0.25, -0.2) is 9.78 Å². The average molecular weight is 567 g/mol. The first-order chi connectivity index (χ1) is 10.1. The Bertz CT molecular complexity index is 500. The maximum absolute atomic E-state index is 11.3. The fourth-order valence-corrected chi connectivity index (χ4v) is 1.06. The van der Waals surface area contributed by atoms with E-state index >= 15 is 0 Å². The first-order valence-corrected chi connectivity index (χ1v) is 6.38. The molecule has 0 fully saturated rings. The molecule has 2 amide bonds. The monoisotopic (exact) mass is 567 g/mol. The van der Waals surface area contributed by atoms with Crippen molar-refractivity contribution in [2.24, 2.45) is 0 Å². The molecule has 0 aromatic carbocycles. The summed E-state index contributed by atoms with van der Waals surface area (Å²) in [6.07, 6.45) is 2.42.